The highest BCUT2D eigenvalue weighted by Gasteiger charge is 2.11. The van der Waals surface area contributed by atoms with Crippen LogP contribution in [0.25, 0.3) is 0 Å². The van der Waals surface area contributed by atoms with Crippen molar-refractivity contribution in [2.75, 3.05) is 13.2 Å². The van der Waals surface area contributed by atoms with Crippen molar-refractivity contribution in [3.05, 3.63) is 22.1 Å². The third kappa shape index (κ3) is 2.02. The van der Waals surface area contributed by atoms with E-state index in [0.29, 0.717) is 0 Å². The van der Waals surface area contributed by atoms with E-state index in [1.165, 1.54) is 11.4 Å². The molecule has 0 aromatic carbocycles. The van der Waals surface area contributed by atoms with Crippen molar-refractivity contribution in [1.29, 1.82) is 0 Å². The highest BCUT2D eigenvalue weighted by atomic mass is 32.1. The molecule has 0 bridgehead atoms. The van der Waals surface area contributed by atoms with E-state index in [1.54, 1.807) is 0 Å². The van der Waals surface area contributed by atoms with Crippen molar-refractivity contribution in [1.82, 2.24) is 5.32 Å². The van der Waals surface area contributed by atoms with Crippen molar-refractivity contribution >= 4 is 17.2 Å². The van der Waals surface area contributed by atoms with Crippen LogP contribution in [0.1, 0.15) is 9.67 Å². The lowest BCUT2D eigenvalue weighted by atomic mass is 10.4. The van der Waals surface area contributed by atoms with Crippen LogP contribution in [-0.4, -0.2) is 24.2 Å². The molecule has 66 valence electrons. The maximum absolute atomic E-state index is 12.7. The fourth-order valence-corrected chi connectivity index (χ4v) is 1.39. The number of hydrogen-bond donors (Lipinski definition) is 2. The molecule has 1 amide bonds. The average molecular weight is 189 g/mol. The van der Waals surface area contributed by atoms with E-state index in [9.17, 15) is 9.18 Å². The summed E-state index contributed by atoms with van der Waals surface area (Å²) >= 11 is 1.04. The molecule has 0 fully saturated rings. The lowest BCUT2D eigenvalue weighted by molar-refractivity contribution is 0.0945. The standard InChI is InChI=1S/C7H8FNO2S/c8-5-1-4-12-6(5)7(11)9-2-3-10/h1,4,10H,2-3H2,(H,9,11). The number of hydrogen-bond acceptors (Lipinski definition) is 3. The molecule has 0 aliphatic heterocycles. The van der Waals surface area contributed by atoms with Crippen LogP contribution in [0.2, 0.25) is 0 Å². The summed E-state index contributed by atoms with van der Waals surface area (Å²) < 4.78 is 12.7. The van der Waals surface area contributed by atoms with Gasteiger partial charge in [-0.15, -0.1) is 11.3 Å². The molecule has 3 nitrogen and oxygen atoms in total. The van der Waals surface area contributed by atoms with E-state index >= 15 is 0 Å². The second-order valence-corrected chi connectivity index (χ2v) is 2.99. The van der Waals surface area contributed by atoms with Gasteiger partial charge >= 0.3 is 0 Å². The fraction of sp³-hybridized carbons (Fsp3) is 0.286. The van der Waals surface area contributed by atoms with Gasteiger partial charge in [0.2, 0.25) is 0 Å². The fourth-order valence-electron chi connectivity index (χ4n) is 0.705. The molecule has 0 radical (unpaired) electrons. The highest BCUT2D eigenvalue weighted by Crippen LogP contribution is 2.13. The van der Waals surface area contributed by atoms with E-state index < -0.39 is 11.7 Å². The third-order valence-corrected chi connectivity index (χ3v) is 2.11. The van der Waals surface area contributed by atoms with Gasteiger partial charge in [-0.1, -0.05) is 0 Å². The van der Waals surface area contributed by atoms with Crippen molar-refractivity contribution in [2.24, 2.45) is 0 Å². The number of aliphatic hydroxyl groups excluding tert-OH is 1. The minimum Gasteiger partial charge on any atom is -0.395 e. The van der Waals surface area contributed by atoms with Crippen LogP contribution in [0.5, 0.6) is 0 Å². The van der Waals surface area contributed by atoms with E-state index in [2.05, 4.69) is 5.32 Å². The predicted molar refractivity (Wildman–Crippen MR) is 43.7 cm³/mol. The summed E-state index contributed by atoms with van der Waals surface area (Å²) in [5, 5.41) is 12.2. The van der Waals surface area contributed by atoms with Gasteiger partial charge in [-0.3, -0.25) is 4.79 Å². The molecule has 0 saturated heterocycles. The predicted octanol–water partition coefficient (Wildman–Crippen LogP) is 0.609. The molecule has 2 N–H and O–H groups in total. The van der Waals surface area contributed by atoms with Gasteiger partial charge in [-0.25, -0.2) is 4.39 Å². The van der Waals surface area contributed by atoms with Gasteiger partial charge in [0.15, 0.2) is 0 Å². The maximum atomic E-state index is 12.7. The molecular weight excluding hydrogens is 181 g/mol. The number of thiophene rings is 1. The number of nitrogens with one attached hydrogen (secondary N) is 1. The Morgan fingerprint density at radius 1 is 1.75 bits per heavy atom. The molecule has 1 heterocycles. The monoisotopic (exact) mass is 189 g/mol. The number of aliphatic hydroxyl groups is 1. The third-order valence-electron chi connectivity index (χ3n) is 1.22. The average Bonchev–Trinajstić information content (AvgIpc) is 2.47. The van der Waals surface area contributed by atoms with Crippen molar-refractivity contribution in [2.45, 2.75) is 0 Å². The van der Waals surface area contributed by atoms with Gasteiger partial charge in [0.05, 0.1) is 6.61 Å². The van der Waals surface area contributed by atoms with Crippen molar-refractivity contribution < 1.29 is 14.3 Å². The van der Waals surface area contributed by atoms with Crippen LogP contribution in [-0.2, 0) is 0 Å². The smallest absolute Gasteiger partial charge is 0.264 e. The number of amides is 1. The first-order valence-corrected chi connectivity index (χ1v) is 4.25. The Balaban J connectivity index is 2.59. The zero-order valence-corrected chi connectivity index (χ0v) is 7.03. The van der Waals surface area contributed by atoms with E-state index in [0.717, 1.165) is 11.3 Å². The van der Waals surface area contributed by atoms with Crippen LogP contribution in [0.3, 0.4) is 0 Å². The van der Waals surface area contributed by atoms with Crippen LogP contribution in [0.4, 0.5) is 4.39 Å². The second kappa shape index (κ2) is 4.18. The number of rotatable bonds is 3. The maximum Gasteiger partial charge on any atom is 0.264 e. The summed E-state index contributed by atoms with van der Waals surface area (Å²) in [6.45, 7) is 0.00884. The molecule has 1 aromatic heterocycles. The Kier molecular flexibility index (Phi) is 3.19. The molecule has 1 rings (SSSR count). The molecule has 0 aliphatic rings. The molecule has 0 aliphatic carbocycles. The SMILES string of the molecule is O=C(NCCO)c1sccc1F. The highest BCUT2D eigenvalue weighted by molar-refractivity contribution is 7.12. The Hall–Kier alpha value is -0.940. The van der Waals surface area contributed by atoms with E-state index in [4.69, 9.17) is 5.11 Å². The molecule has 0 unspecified atom stereocenters. The first-order valence-electron chi connectivity index (χ1n) is 3.37. The van der Waals surface area contributed by atoms with Crippen LogP contribution in [0.15, 0.2) is 11.4 Å². The van der Waals surface area contributed by atoms with E-state index in [-0.39, 0.29) is 18.0 Å². The van der Waals surface area contributed by atoms with Crippen LogP contribution >= 0.6 is 11.3 Å². The van der Waals surface area contributed by atoms with Gasteiger partial charge < -0.3 is 10.4 Å². The van der Waals surface area contributed by atoms with Gasteiger partial charge in [0.1, 0.15) is 10.7 Å². The zero-order chi connectivity index (χ0) is 8.97. The zero-order valence-electron chi connectivity index (χ0n) is 6.21. The summed E-state index contributed by atoms with van der Waals surface area (Å²) in [7, 11) is 0. The second-order valence-electron chi connectivity index (χ2n) is 2.08. The minimum atomic E-state index is -0.518. The lowest BCUT2D eigenvalue weighted by Gasteiger charge is -1.99. The van der Waals surface area contributed by atoms with E-state index in [1.807, 2.05) is 0 Å². The topological polar surface area (TPSA) is 49.3 Å². The Morgan fingerprint density at radius 2 is 2.50 bits per heavy atom. The molecule has 12 heavy (non-hydrogen) atoms. The number of carbonyl (C=O) groups is 1. The molecule has 1 aromatic rings. The Morgan fingerprint density at radius 3 is 3.00 bits per heavy atom. The molecule has 5 heteroatoms. The van der Waals surface area contributed by atoms with Crippen molar-refractivity contribution in [3.63, 3.8) is 0 Å². The van der Waals surface area contributed by atoms with Crippen LogP contribution < -0.4 is 5.32 Å². The Labute approximate surface area is 72.8 Å². The van der Waals surface area contributed by atoms with Gasteiger partial charge in [0, 0.05) is 6.54 Å². The quantitative estimate of drug-likeness (QED) is 0.732. The van der Waals surface area contributed by atoms with Gasteiger partial charge in [0.25, 0.3) is 5.91 Å². The van der Waals surface area contributed by atoms with Crippen LogP contribution in [0, 0.1) is 5.82 Å². The molecule has 0 atom stereocenters. The summed E-state index contributed by atoms with van der Waals surface area (Å²) in [5.74, 6) is -0.994. The molecular formula is C7H8FNO2S. The first kappa shape index (κ1) is 9.15. The summed E-state index contributed by atoms with van der Waals surface area (Å²) in [4.78, 5) is 11.1. The molecule has 0 spiro atoms. The van der Waals surface area contributed by atoms with Gasteiger partial charge in [-0.05, 0) is 11.4 Å². The number of halogens is 1. The Bertz CT molecular complexity index is 274. The largest absolute Gasteiger partial charge is 0.395 e. The lowest BCUT2D eigenvalue weighted by Crippen LogP contribution is -2.26. The number of carbonyl (C=O) groups excluding carboxylic acids is 1. The summed E-state index contributed by atoms with van der Waals surface area (Å²) in [6, 6.07) is 1.23. The summed E-state index contributed by atoms with van der Waals surface area (Å²) in [6.07, 6.45) is 0. The normalized spacial score (nSPS) is 9.83. The first-order chi connectivity index (χ1) is 5.75. The molecule has 0 saturated carbocycles. The summed E-state index contributed by atoms with van der Waals surface area (Å²) in [5.41, 5.74) is 0. The minimum absolute atomic E-state index is 0.0588. The van der Waals surface area contributed by atoms with Gasteiger partial charge in [-0.2, -0.15) is 0 Å². The van der Waals surface area contributed by atoms with Crippen molar-refractivity contribution in [3.8, 4) is 0 Å².